The van der Waals surface area contributed by atoms with E-state index in [1.807, 2.05) is 80.6 Å². The minimum Gasteiger partial charge on any atom is -0.331 e. The largest absolute Gasteiger partial charge is 0.331 e. The standard InChI is InChI=1S/C26H32N4O2/c1-19(2)29(25(32)16-20-12-8-6-9-13-20)18-24(31)27-23-17-22(26(3,4)5)28-30(23)21-14-10-7-11-15-21/h6-15,17,19H,16,18H2,1-5H3,(H,27,31). The molecule has 168 valence electrons. The van der Waals surface area contributed by atoms with Crippen LogP contribution in [0.25, 0.3) is 5.69 Å². The zero-order valence-corrected chi connectivity index (χ0v) is 19.5. The van der Waals surface area contributed by atoms with Crippen LogP contribution in [0, 0.1) is 0 Å². The summed E-state index contributed by atoms with van der Waals surface area (Å²) >= 11 is 0. The third-order valence-electron chi connectivity index (χ3n) is 5.20. The van der Waals surface area contributed by atoms with Crippen LogP contribution in [0.5, 0.6) is 0 Å². The smallest absolute Gasteiger partial charge is 0.245 e. The summed E-state index contributed by atoms with van der Waals surface area (Å²) < 4.78 is 1.74. The first-order valence-electron chi connectivity index (χ1n) is 10.9. The third kappa shape index (κ3) is 5.84. The average molecular weight is 433 g/mol. The van der Waals surface area contributed by atoms with Gasteiger partial charge in [-0.3, -0.25) is 9.59 Å². The van der Waals surface area contributed by atoms with Gasteiger partial charge in [0, 0.05) is 17.5 Å². The van der Waals surface area contributed by atoms with Crippen molar-refractivity contribution in [1.82, 2.24) is 14.7 Å². The fourth-order valence-electron chi connectivity index (χ4n) is 3.37. The van der Waals surface area contributed by atoms with Gasteiger partial charge < -0.3 is 10.2 Å². The van der Waals surface area contributed by atoms with Gasteiger partial charge in [-0.15, -0.1) is 0 Å². The fraction of sp³-hybridized carbons (Fsp3) is 0.346. The van der Waals surface area contributed by atoms with Gasteiger partial charge in [-0.2, -0.15) is 5.10 Å². The predicted octanol–water partition coefficient (Wildman–Crippen LogP) is 4.59. The minimum absolute atomic E-state index is 0.0197. The van der Waals surface area contributed by atoms with Gasteiger partial charge in [0.2, 0.25) is 11.8 Å². The van der Waals surface area contributed by atoms with Crippen LogP contribution >= 0.6 is 0 Å². The molecule has 0 aliphatic carbocycles. The molecule has 3 aromatic rings. The monoisotopic (exact) mass is 432 g/mol. The molecular formula is C26H32N4O2. The molecule has 6 heteroatoms. The Labute approximate surface area is 190 Å². The fourth-order valence-corrected chi connectivity index (χ4v) is 3.37. The number of amides is 2. The molecule has 0 aliphatic heterocycles. The number of hydrogen-bond donors (Lipinski definition) is 1. The topological polar surface area (TPSA) is 67.2 Å². The van der Waals surface area contributed by atoms with E-state index in [4.69, 9.17) is 5.10 Å². The van der Waals surface area contributed by atoms with Gasteiger partial charge in [0.25, 0.3) is 0 Å². The molecule has 0 spiro atoms. The zero-order chi connectivity index (χ0) is 23.3. The average Bonchev–Trinajstić information content (AvgIpc) is 3.17. The summed E-state index contributed by atoms with van der Waals surface area (Å²) in [6.45, 7) is 10.1. The quantitative estimate of drug-likeness (QED) is 0.594. The van der Waals surface area contributed by atoms with Crippen molar-refractivity contribution in [1.29, 1.82) is 0 Å². The molecule has 2 aromatic carbocycles. The lowest BCUT2D eigenvalue weighted by Crippen LogP contribution is -2.43. The number of nitrogens with zero attached hydrogens (tertiary/aromatic N) is 3. The lowest BCUT2D eigenvalue weighted by atomic mass is 9.92. The predicted molar refractivity (Wildman–Crippen MR) is 128 cm³/mol. The van der Waals surface area contributed by atoms with Crippen molar-refractivity contribution in [2.45, 2.75) is 52.5 Å². The molecule has 0 unspecified atom stereocenters. The van der Waals surface area contributed by atoms with E-state index in [-0.39, 0.29) is 36.2 Å². The molecule has 1 N–H and O–H groups in total. The van der Waals surface area contributed by atoms with Crippen molar-refractivity contribution in [3.63, 3.8) is 0 Å². The summed E-state index contributed by atoms with van der Waals surface area (Å²) in [6, 6.07) is 21.1. The lowest BCUT2D eigenvalue weighted by Gasteiger charge is -2.26. The summed E-state index contributed by atoms with van der Waals surface area (Å²) in [5.74, 6) is 0.260. The Hall–Kier alpha value is -3.41. The van der Waals surface area contributed by atoms with Crippen molar-refractivity contribution in [3.8, 4) is 5.69 Å². The van der Waals surface area contributed by atoms with Crippen molar-refractivity contribution < 1.29 is 9.59 Å². The van der Waals surface area contributed by atoms with Crippen LogP contribution < -0.4 is 5.32 Å². The Morgan fingerprint density at radius 2 is 1.59 bits per heavy atom. The Morgan fingerprint density at radius 1 is 1.00 bits per heavy atom. The Kier molecular flexibility index (Phi) is 7.13. The molecule has 6 nitrogen and oxygen atoms in total. The van der Waals surface area contributed by atoms with E-state index >= 15 is 0 Å². The number of aromatic nitrogens is 2. The summed E-state index contributed by atoms with van der Waals surface area (Å²) in [5.41, 5.74) is 2.49. The molecule has 3 rings (SSSR count). The van der Waals surface area contributed by atoms with Gasteiger partial charge in [-0.25, -0.2) is 4.68 Å². The number of para-hydroxylation sites is 1. The summed E-state index contributed by atoms with van der Waals surface area (Å²) in [5, 5.41) is 7.70. The van der Waals surface area contributed by atoms with Gasteiger partial charge in [0.05, 0.1) is 17.8 Å². The Morgan fingerprint density at radius 3 is 2.16 bits per heavy atom. The zero-order valence-electron chi connectivity index (χ0n) is 19.5. The van der Waals surface area contributed by atoms with E-state index in [1.54, 1.807) is 9.58 Å². The van der Waals surface area contributed by atoms with Gasteiger partial charge in [0.15, 0.2) is 0 Å². The maximum atomic E-state index is 13.0. The number of rotatable bonds is 7. The van der Waals surface area contributed by atoms with Crippen molar-refractivity contribution in [2.24, 2.45) is 0 Å². The molecule has 0 saturated heterocycles. The molecule has 0 fully saturated rings. The van der Waals surface area contributed by atoms with E-state index in [0.29, 0.717) is 5.82 Å². The first kappa shape index (κ1) is 23.3. The van der Waals surface area contributed by atoms with Gasteiger partial charge in [-0.05, 0) is 31.5 Å². The minimum atomic E-state index is -0.252. The summed E-state index contributed by atoms with van der Waals surface area (Å²) in [7, 11) is 0. The van der Waals surface area contributed by atoms with E-state index in [9.17, 15) is 9.59 Å². The second kappa shape index (κ2) is 9.81. The van der Waals surface area contributed by atoms with E-state index in [1.165, 1.54) is 0 Å². The molecular weight excluding hydrogens is 400 g/mol. The van der Waals surface area contributed by atoms with Crippen LogP contribution in [-0.4, -0.2) is 39.1 Å². The number of benzene rings is 2. The molecule has 32 heavy (non-hydrogen) atoms. The molecule has 2 amide bonds. The highest BCUT2D eigenvalue weighted by molar-refractivity contribution is 5.94. The highest BCUT2D eigenvalue weighted by atomic mass is 16.2. The van der Waals surface area contributed by atoms with Crippen molar-refractivity contribution >= 4 is 17.6 Å². The van der Waals surface area contributed by atoms with Gasteiger partial charge >= 0.3 is 0 Å². The highest BCUT2D eigenvalue weighted by Gasteiger charge is 2.24. The molecule has 1 heterocycles. The lowest BCUT2D eigenvalue weighted by molar-refractivity contribution is -0.135. The van der Waals surface area contributed by atoms with Crippen LogP contribution in [0.1, 0.15) is 45.9 Å². The summed E-state index contributed by atoms with van der Waals surface area (Å²) in [4.78, 5) is 27.5. The SMILES string of the molecule is CC(C)N(CC(=O)Nc1cc(C(C)(C)C)nn1-c1ccccc1)C(=O)Cc1ccccc1. The van der Waals surface area contributed by atoms with E-state index < -0.39 is 0 Å². The molecule has 1 aromatic heterocycles. The molecule has 0 atom stereocenters. The highest BCUT2D eigenvalue weighted by Crippen LogP contribution is 2.26. The van der Waals surface area contributed by atoms with E-state index in [2.05, 4.69) is 26.1 Å². The second-order valence-electron chi connectivity index (χ2n) is 9.24. The third-order valence-corrected chi connectivity index (χ3v) is 5.20. The van der Waals surface area contributed by atoms with Crippen LogP contribution in [0.2, 0.25) is 0 Å². The number of hydrogen-bond acceptors (Lipinski definition) is 3. The molecule has 0 saturated carbocycles. The van der Waals surface area contributed by atoms with Crippen LogP contribution in [0.4, 0.5) is 5.82 Å². The first-order valence-corrected chi connectivity index (χ1v) is 10.9. The Balaban J connectivity index is 1.79. The molecule has 0 bridgehead atoms. The van der Waals surface area contributed by atoms with Crippen molar-refractivity contribution in [2.75, 3.05) is 11.9 Å². The van der Waals surface area contributed by atoms with Gasteiger partial charge in [0.1, 0.15) is 12.4 Å². The summed E-state index contributed by atoms with van der Waals surface area (Å²) in [6.07, 6.45) is 0.266. The normalized spacial score (nSPS) is 11.4. The maximum absolute atomic E-state index is 13.0. The number of carbonyl (C=O) groups is 2. The van der Waals surface area contributed by atoms with Crippen LogP contribution in [0.15, 0.2) is 66.7 Å². The molecule has 0 aliphatic rings. The molecule has 0 radical (unpaired) electrons. The van der Waals surface area contributed by atoms with Crippen molar-refractivity contribution in [3.05, 3.63) is 78.0 Å². The van der Waals surface area contributed by atoms with E-state index in [0.717, 1.165) is 16.9 Å². The van der Waals surface area contributed by atoms with Crippen LogP contribution in [0.3, 0.4) is 0 Å². The van der Waals surface area contributed by atoms with Crippen LogP contribution in [-0.2, 0) is 21.4 Å². The second-order valence-corrected chi connectivity index (χ2v) is 9.24. The number of anilines is 1. The maximum Gasteiger partial charge on any atom is 0.245 e. The Bertz CT molecular complexity index is 1050. The number of carbonyl (C=O) groups excluding carboxylic acids is 2. The number of nitrogens with one attached hydrogen (secondary N) is 1. The van der Waals surface area contributed by atoms with Gasteiger partial charge in [-0.1, -0.05) is 69.3 Å². The first-order chi connectivity index (χ1) is 15.1.